The standard InChI is InChI=1S/C30H22Cl2FN3O4/c1-15-20-14-17(33)9-11-24(20)36(2)29(38)25(15)18-10-8-16(27-19(18)5-4-12-34-27)13-23(30(39)40)35-28(37)26-21(31)6-3-7-22(26)32/h3-12,14,23H,13H2,1-2H3,(H,35,37)(H,39,40)/t23-/m0/s1. The highest BCUT2D eigenvalue weighted by Gasteiger charge is 2.26. The van der Waals surface area contributed by atoms with Crippen LogP contribution in [0.1, 0.15) is 21.5 Å². The molecule has 0 unspecified atom stereocenters. The van der Waals surface area contributed by atoms with E-state index in [2.05, 4.69) is 10.3 Å². The zero-order chi connectivity index (χ0) is 28.7. The lowest BCUT2D eigenvalue weighted by molar-refractivity contribution is -0.139. The number of nitrogens with zero attached hydrogens (tertiary/aromatic N) is 2. The van der Waals surface area contributed by atoms with Crippen molar-refractivity contribution in [3.63, 3.8) is 0 Å². The van der Waals surface area contributed by atoms with Crippen molar-refractivity contribution in [3.05, 3.63) is 110 Å². The number of nitrogens with one attached hydrogen (secondary N) is 1. The molecule has 5 aromatic rings. The number of carbonyl (C=O) groups is 2. The minimum Gasteiger partial charge on any atom is -0.480 e. The topological polar surface area (TPSA) is 101 Å². The van der Waals surface area contributed by atoms with Crippen LogP contribution in [0, 0.1) is 12.7 Å². The fourth-order valence-corrected chi connectivity index (χ4v) is 5.54. The van der Waals surface area contributed by atoms with Crippen LogP contribution in [-0.4, -0.2) is 32.6 Å². The summed E-state index contributed by atoms with van der Waals surface area (Å²) in [7, 11) is 1.63. The molecule has 10 heteroatoms. The van der Waals surface area contributed by atoms with Gasteiger partial charge in [-0.25, -0.2) is 9.18 Å². The van der Waals surface area contributed by atoms with Crippen LogP contribution in [0.4, 0.5) is 4.39 Å². The molecule has 0 radical (unpaired) electrons. The number of pyridine rings is 2. The van der Waals surface area contributed by atoms with Crippen LogP contribution in [0.15, 0.2) is 71.7 Å². The van der Waals surface area contributed by atoms with E-state index in [-0.39, 0.29) is 27.6 Å². The highest BCUT2D eigenvalue weighted by molar-refractivity contribution is 6.39. The average Bonchev–Trinajstić information content (AvgIpc) is 2.92. The molecule has 2 N–H and O–H groups in total. The number of amides is 1. The first-order chi connectivity index (χ1) is 19.1. The maximum absolute atomic E-state index is 14.1. The zero-order valence-electron chi connectivity index (χ0n) is 21.3. The number of carboxylic acids is 1. The van der Waals surface area contributed by atoms with Gasteiger partial charge in [-0.1, -0.05) is 47.5 Å². The molecule has 0 bridgehead atoms. The molecule has 0 aliphatic rings. The van der Waals surface area contributed by atoms with Crippen molar-refractivity contribution >= 4 is 56.9 Å². The average molecular weight is 578 g/mol. The first-order valence-electron chi connectivity index (χ1n) is 12.2. The Kier molecular flexibility index (Phi) is 7.31. The second-order valence-corrected chi connectivity index (χ2v) is 10.2. The van der Waals surface area contributed by atoms with E-state index in [4.69, 9.17) is 23.2 Å². The van der Waals surface area contributed by atoms with Gasteiger partial charge in [-0.3, -0.25) is 14.6 Å². The molecule has 1 amide bonds. The van der Waals surface area contributed by atoms with Crippen molar-refractivity contribution in [1.82, 2.24) is 14.9 Å². The summed E-state index contributed by atoms with van der Waals surface area (Å²) in [6.45, 7) is 1.77. The number of carbonyl (C=O) groups excluding carboxylic acids is 1. The molecule has 0 spiro atoms. The molecule has 0 aliphatic heterocycles. The molecule has 2 heterocycles. The third-order valence-corrected chi connectivity index (χ3v) is 7.59. The van der Waals surface area contributed by atoms with Gasteiger partial charge in [0.1, 0.15) is 11.9 Å². The predicted octanol–water partition coefficient (Wildman–Crippen LogP) is 5.93. The summed E-state index contributed by atoms with van der Waals surface area (Å²) in [5.41, 5.74) is 2.91. The minimum atomic E-state index is -1.32. The highest BCUT2D eigenvalue weighted by Crippen LogP contribution is 2.33. The lowest BCUT2D eigenvalue weighted by Crippen LogP contribution is -2.42. The smallest absolute Gasteiger partial charge is 0.326 e. The van der Waals surface area contributed by atoms with Gasteiger partial charge in [0.2, 0.25) is 0 Å². The van der Waals surface area contributed by atoms with Gasteiger partial charge in [0.15, 0.2) is 0 Å². The molecule has 0 saturated carbocycles. The van der Waals surface area contributed by atoms with Gasteiger partial charge in [-0.15, -0.1) is 0 Å². The van der Waals surface area contributed by atoms with Crippen LogP contribution in [0.2, 0.25) is 10.0 Å². The maximum atomic E-state index is 14.1. The Morgan fingerprint density at radius 1 is 1.05 bits per heavy atom. The van der Waals surface area contributed by atoms with Crippen LogP contribution in [0.5, 0.6) is 0 Å². The van der Waals surface area contributed by atoms with E-state index in [9.17, 15) is 23.9 Å². The van der Waals surface area contributed by atoms with E-state index in [0.717, 1.165) is 0 Å². The number of halogens is 3. The Morgan fingerprint density at radius 3 is 2.48 bits per heavy atom. The quantitative estimate of drug-likeness (QED) is 0.260. The molecule has 0 aliphatic carbocycles. The molecule has 5 rings (SSSR count). The Balaban J connectivity index is 1.60. The molecule has 7 nitrogen and oxygen atoms in total. The molecule has 202 valence electrons. The largest absolute Gasteiger partial charge is 0.480 e. The van der Waals surface area contributed by atoms with Crippen molar-refractivity contribution in [1.29, 1.82) is 0 Å². The lowest BCUT2D eigenvalue weighted by atomic mass is 9.92. The Labute approximate surface area is 237 Å². The van der Waals surface area contributed by atoms with Crippen molar-refractivity contribution in [2.24, 2.45) is 7.05 Å². The van der Waals surface area contributed by atoms with Crippen LogP contribution in [0.25, 0.3) is 32.9 Å². The van der Waals surface area contributed by atoms with Crippen LogP contribution in [0.3, 0.4) is 0 Å². The van der Waals surface area contributed by atoms with Gasteiger partial charge >= 0.3 is 5.97 Å². The Morgan fingerprint density at radius 2 is 1.77 bits per heavy atom. The first-order valence-corrected chi connectivity index (χ1v) is 13.0. The lowest BCUT2D eigenvalue weighted by Gasteiger charge is -2.18. The van der Waals surface area contributed by atoms with Crippen LogP contribution < -0.4 is 10.9 Å². The van der Waals surface area contributed by atoms with Crippen LogP contribution in [-0.2, 0) is 18.3 Å². The Bertz CT molecular complexity index is 1880. The van der Waals surface area contributed by atoms with E-state index in [1.807, 2.05) is 0 Å². The molecule has 2 aromatic heterocycles. The number of aryl methyl sites for hydroxylation is 2. The predicted molar refractivity (Wildman–Crippen MR) is 154 cm³/mol. The number of hydrogen-bond donors (Lipinski definition) is 2. The number of aliphatic carboxylic acids is 1. The van der Waals surface area contributed by atoms with Crippen molar-refractivity contribution in [3.8, 4) is 11.1 Å². The molecule has 3 aromatic carbocycles. The van der Waals surface area contributed by atoms with Gasteiger partial charge in [-0.2, -0.15) is 0 Å². The summed E-state index contributed by atoms with van der Waals surface area (Å²) in [6, 6.07) is 14.4. The molecule has 40 heavy (non-hydrogen) atoms. The summed E-state index contributed by atoms with van der Waals surface area (Å²) in [6.07, 6.45) is 1.46. The molecule has 0 fully saturated rings. The zero-order valence-corrected chi connectivity index (χ0v) is 22.8. The Hall–Kier alpha value is -4.27. The summed E-state index contributed by atoms with van der Waals surface area (Å²) >= 11 is 12.3. The minimum absolute atomic E-state index is 0.0190. The van der Waals surface area contributed by atoms with E-state index < -0.39 is 23.7 Å². The summed E-state index contributed by atoms with van der Waals surface area (Å²) in [5, 5.41) is 13.8. The second kappa shape index (κ2) is 10.7. The van der Waals surface area contributed by atoms with Gasteiger partial charge in [0, 0.05) is 30.4 Å². The van der Waals surface area contributed by atoms with Crippen molar-refractivity contribution in [2.75, 3.05) is 0 Å². The third kappa shape index (κ3) is 4.80. The molecule has 1 atom stereocenters. The number of fused-ring (bicyclic) bond motifs is 2. The van der Waals surface area contributed by atoms with Crippen molar-refractivity contribution in [2.45, 2.75) is 19.4 Å². The summed E-state index contributed by atoms with van der Waals surface area (Å²) in [5.74, 6) is -2.40. The summed E-state index contributed by atoms with van der Waals surface area (Å²) in [4.78, 5) is 43.1. The van der Waals surface area contributed by atoms with Crippen LogP contribution >= 0.6 is 23.2 Å². The first kappa shape index (κ1) is 27.3. The van der Waals surface area contributed by atoms with Gasteiger partial charge in [0.05, 0.1) is 32.2 Å². The van der Waals surface area contributed by atoms with E-state index in [1.54, 1.807) is 56.6 Å². The summed E-state index contributed by atoms with van der Waals surface area (Å²) < 4.78 is 15.6. The fraction of sp³-hybridized carbons (Fsp3) is 0.133. The van der Waals surface area contributed by atoms with Crippen molar-refractivity contribution < 1.29 is 19.1 Å². The van der Waals surface area contributed by atoms with E-state index >= 15 is 0 Å². The van der Waals surface area contributed by atoms with E-state index in [0.29, 0.717) is 44.1 Å². The van der Waals surface area contributed by atoms with Gasteiger partial charge in [-0.05, 0) is 60.0 Å². The third-order valence-electron chi connectivity index (χ3n) is 6.96. The SMILES string of the molecule is Cc1c(-c2ccc(C[C@H](NC(=O)c3c(Cl)cccc3Cl)C(=O)O)c3ncccc23)c(=O)n(C)c2ccc(F)cc12. The van der Waals surface area contributed by atoms with Gasteiger partial charge in [0.25, 0.3) is 11.5 Å². The maximum Gasteiger partial charge on any atom is 0.326 e. The number of benzene rings is 3. The molecular weight excluding hydrogens is 556 g/mol. The molecular formula is C30H22Cl2FN3O4. The highest BCUT2D eigenvalue weighted by atomic mass is 35.5. The normalized spacial score (nSPS) is 12.0. The number of rotatable bonds is 6. The van der Waals surface area contributed by atoms with E-state index in [1.165, 1.54) is 28.8 Å². The fourth-order valence-electron chi connectivity index (χ4n) is 4.97. The number of hydrogen-bond acceptors (Lipinski definition) is 4. The van der Waals surface area contributed by atoms with Gasteiger partial charge < -0.3 is 15.0 Å². The monoisotopic (exact) mass is 577 g/mol. The second-order valence-electron chi connectivity index (χ2n) is 9.36. The molecule has 0 saturated heterocycles. The number of aromatic nitrogens is 2. The number of carboxylic acid groups (broad SMARTS) is 1.